The van der Waals surface area contributed by atoms with Gasteiger partial charge in [0.1, 0.15) is 0 Å². The van der Waals surface area contributed by atoms with Gasteiger partial charge >= 0.3 is 0 Å². The largest absolute Gasteiger partial charge is 0.352 e. The third-order valence-electron chi connectivity index (χ3n) is 2.63. The second-order valence-corrected chi connectivity index (χ2v) is 5.03. The van der Waals surface area contributed by atoms with E-state index in [0.717, 1.165) is 12.1 Å². The first kappa shape index (κ1) is 12.5. The first-order chi connectivity index (χ1) is 8.15. The maximum atomic E-state index is 11.5. The fourth-order valence-corrected chi connectivity index (χ4v) is 1.79. The van der Waals surface area contributed by atoms with E-state index in [0.29, 0.717) is 16.0 Å². The first-order valence-electron chi connectivity index (χ1n) is 5.56. The van der Waals surface area contributed by atoms with E-state index in [4.69, 9.17) is 23.2 Å². The van der Waals surface area contributed by atoms with Gasteiger partial charge < -0.3 is 5.32 Å². The Kier molecular flexibility index (Phi) is 4.08. The van der Waals surface area contributed by atoms with Gasteiger partial charge in [-0.1, -0.05) is 23.2 Å². The molecule has 0 radical (unpaired) electrons. The predicted octanol–water partition coefficient (Wildman–Crippen LogP) is 3.53. The van der Waals surface area contributed by atoms with Crippen molar-refractivity contribution < 1.29 is 4.79 Å². The highest BCUT2D eigenvalue weighted by Gasteiger charge is 2.20. The molecular weight excluding hydrogens is 257 g/mol. The number of benzene rings is 1. The van der Waals surface area contributed by atoms with Crippen LogP contribution in [0.5, 0.6) is 0 Å². The van der Waals surface area contributed by atoms with Gasteiger partial charge in [-0.15, -0.1) is 0 Å². The fourth-order valence-electron chi connectivity index (χ4n) is 1.43. The van der Waals surface area contributed by atoms with E-state index in [9.17, 15) is 4.79 Å². The number of hydrogen-bond donors (Lipinski definition) is 1. The Morgan fingerprint density at radius 3 is 2.88 bits per heavy atom. The first-order valence-corrected chi connectivity index (χ1v) is 6.32. The molecule has 17 heavy (non-hydrogen) atoms. The van der Waals surface area contributed by atoms with Crippen LogP contribution >= 0.6 is 23.2 Å². The molecule has 1 fully saturated rings. The summed E-state index contributed by atoms with van der Waals surface area (Å²) in [6.07, 6.45) is 5.62. The summed E-state index contributed by atoms with van der Waals surface area (Å²) < 4.78 is 0. The average molecular weight is 270 g/mol. The minimum atomic E-state index is -0.0899. The van der Waals surface area contributed by atoms with Crippen molar-refractivity contribution in [3.63, 3.8) is 0 Å². The number of rotatable bonds is 4. The van der Waals surface area contributed by atoms with Crippen molar-refractivity contribution in [3.8, 4) is 0 Å². The number of carbonyl (C=O) groups excluding carboxylic acids is 1. The average Bonchev–Trinajstić information content (AvgIpc) is 3.11. The lowest BCUT2D eigenvalue weighted by atomic mass is 10.2. The van der Waals surface area contributed by atoms with Gasteiger partial charge in [-0.25, -0.2) is 0 Å². The Morgan fingerprint density at radius 1 is 1.41 bits per heavy atom. The van der Waals surface area contributed by atoms with Crippen molar-refractivity contribution in [2.45, 2.75) is 12.8 Å². The lowest BCUT2D eigenvalue weighted by Gasteiger charge is -2.00. The van der Waals surface area contributed by atoms with Crippen LogP contribution in [0.3, 0.4) is 0 Å². The number of nitrogens with one attached hydrogen (secondary N) is 1. The Morgan fingerprint density at radius 2 is 2.18 bits per heavy atom. The molecule has 0 spiro atoms. The van der Waals surface area contributed by atoms with Crippen LogP contribution in [0.25, 0.3) is 6.08 Å². The van der Waals surface area contributed by atoms with Gasteiger partial charge in [0.05, 0.1) is 0 Å². The van der Waals surface area contributed by atoms with E-state index in [1.165, 1.54) is 18.9 Å². The lowest BCUT2D eigenvalue weighted by molar-refractivity contribution is -0.116. The molecule has 0 bridgehead atoms. The standard InChI is InChI=1S/C13H13Cl2NO/c14-11-4-5-12(15)10(7-11)3-6-13(17)16-8-9-1-2-9/h3-7,9H,1-2,8H2,(H,16,17). The van der Waals surface area contributed by atoms with Crippen LogP contribution in [0.2, 0.25) is 10.0 Å². The van der Waals surface area contributed by atoms with Gasteiger partial charge in [0, 0.05) is 22.7 Å². The van der Waals surface area contributed by atoms with E-state index >= 15 is 0 Å². The number of halogens is 2. The Bertz CT molecular complexity index is 453. The summed E-state index contributed by atoms with van der Waals surface area (Å²) in [6.45, 7) is 0.770. The van der Waals surface area contributed by atoms with Crippen LogP contribution < -0.4 is 5.32 Å². The van der Waals surface area contributed by atoms with Crippen LogP contribution in [-0.4, -0.2) is 12.5 Å². The summed E-state index contributed by atoms with van der Waals surface area (Å²) >= 11 is 11.8. The van der Waals surface area contributed by atoms with Crippen molar-refractivity contribution in [2.24, 2.45) is 5.92 Å². The molecule has 2 nitrogen and oxygen atoms in total. The topological polar surface area (TPSA) is 29.1 Å². The number of hydrogen-bond acceptors (Lipinski definition) is 1. The van der Waals surface area contributed by atoms with Crippen LogP contribution in [0.1, 0.15) is 18.4 Å². The van der Waals surface area contributed by atoms with E-state index in [2.05, 4.69) is 5.32 Å². The Labute approximate surface area is 111 Å². The van der Waals surface area contributed by atoms with Crippen LogP contribution in [0.15, 0.2) is 24.3 Å². The van der Waals surface area contributed by atoms with Gasteiger partial charge in [0.2, 0.25) is 5.91 Å². The highest BCUT2D eigenvalue weighted by Crippen LogP contribution is 2.27. The van der Waals surface area contributed by atoms with E-state index in [1.807, 2.05) is 0 Å². The highest BCUT2D eigenvalue weighted by molar-refractivity contribution is 6.34. The third-order valence-corrected chi connectivity index (χ3v) is 3.21. The second-order valence-electron chi connectivity index (χ2n) is 4.19. The molecule has 90 valence electrons. The molecular formula is C13H13Cl2NO. The third kappa shape index (κ3) is 4.06. The normalized spacial score (nSPS) is 15.2. The Hall–Kier alpha value is -0.990. The summed E-state index contributed by atoms with van der Waals surface area (Å²) in [4.78, 5) is 11.5. The zero-order valence-corrected chi connectivity index (χ0v) is 10.8. The second kappa shape index (κ2) is 5.56. The number of amides is 1. The zero-order valence-electron chi connectivity index (χ0n) is 9.25. The molecule has 1 amide bonds. The molecule has 1 aromatic carbocycles. The van der Waals surface area contributed by atoms with E-state index in [1.54, 1.807) is 24.3 Å². The monoisotopic (exact) mass is 269 g/mol. The van der Waals surface area contributed by atoms with Crippen molar-refractivity contribution in [3.05, 3.63) is 39.9 Å². The van der Waals surface area contributed by atoms with Crippen molar-refractivity contribution in [2.75, 3.05) is 6.54 Å². The molecule has 2 rings (SSSR count). The highest BCUT2D eigenvalue weighted by atomic mass is 35.5. The van der Waals surface area contributed by atoms with Gasteiger partial charge in [-0.05, 0) is 48.6 Å². The van der Waals surface area contributed by atoms with Gasteiger partial charge in [0.25, 0.3) is 0 Å². The maximum Gasteiger partial charge on any atom is 0.244 e. The molecule has 1 aromatic rings. The molecule has 1 aliphatic carbocycles. The quantitative estimate of drug-likeness (QED) is 0.833. The number of carbonyl (C=O) groups is 1. The summed E-state index contributed by atoms with van der Waals surface area (Å²) in [7, 11) is 0. The minimum absolute atomic E-state index is 0.0899. The minimum Gasteiger partial charge on any atom is -0.352 e. The summed E-state index contributed by atoms with van der Waals surface area (Å²) in [5.41, 5.74) is 0.751. The molecule has 0 atom stereocenters. The molecule has 0 heterocycles. The Balaban J connectivity index is 1.93. The predicted molar refractivity (Wildman–Crippen MR) is 71.2 cm³/mol. The van der Waals surface area contributed by atoms with Crippen LogP contribution in [0.4, 0.5) is 0 Å². The lowest BCUT2D eigenvalue weighted by Crippen LogP contribution is -2.23. The maximum absolute atomic E-state index is 11.5. The molecule has 0 saturated heterocycles. The van der Waals surface area contributed by atoms with Gasteiger partial charge in [-0.2, -0.15) is 0 Å². The van der Waals surface area contributed by atoms with Crippen LogP contribution in [0, 0.1) is 5.92 Å². The van der Waals surface area contributed by atoms with Crippen molar-refractivity contribution in [1.82, 2.24) is 5.32 Å². The SMILES string of the molecule is O=C(C=Cc1cc(Cl)ccc1Cl)NCC1CC1. The summed E-state index contributed by atoms with van der Waals surface area (Å²) in [5, 5.41) is 4.04. The molecule has 1 N–H and O–H groups in total. The van der Waals surface area contributed by atoms with E-state index < -0.39 is 0 Å². The smallest absolute Gasteiger partial charge is 0.244 e. The zero-order chi connectivity index (χ0) is 12.3. The molecule has 0 unspecified atom stereocenters. The van der Waals surface area contributed by atoms with Gasteiger partial charge in [0.15, 0.2) is 0 Å². The molecule has 0 aromatic heterocycles. The van der Waals surface area contributed by atoms with Gasteiger partial charge in [-0.3, -0.25) is 4.79 Å². The molecule has 4 heteroatoms. The van der Waals surface area contributed by atoms with Crippen molar-refractivity contribution in [1.29, 1.82) is 0 Å². The van der Waals surface area contributed by atoms with Crippen LogP contribution in [-0.2, 0) is 4.79 Å². The summed E-state index contributed by atoms with van der Waals surface area (Å²) in [5.74, 6) is 0.593. The molecule has 1 aliphatic rings. The van der Waals surface area contributed by atoms with E-state index in [-0.39, 0.29) is 5.91 Å². The molecule has 0 aliphatic heterocycles. The summed E-state index contributed by atoms with van der Waals surface area (Å²) in [6, 6.07) is 5.16. The fraction of sp³-hybridized carbons (Fsp3) is 0.308. The van der Waals surface area contributed by atoms with Crippen molar-refractivity contribution >= 4 is 35.2 Å². The molecule has 1 saturated carbocycles.